The second-order valence-electron chi connectivity index (χ2n) is 1.90. The van der Waals surface area contributed by atoms with Gasteiger partial charge in [0.25, 0.3) is 0 Å². The van der Waals surface area contributed by atoms with E-state index in [0.29, 0.717) is 0 Å². The molecule has 2 rings (SSSR count). The summed E-state index contributed by atoms with van der Waals surface area (Å²) in [5.74, 6) is 0. The van der Waals surface area contributed by atoms with Crippen LogP contribution in [0.1, 0.15) is 0 Å². The van der Waals surface area contributed by atoms with E-state index >= 15 is 0 Å². The van der Waals surface area contributed by atoms with Crippen molar-refractivity contribution in [3.63, 3.8) is 0 Å². The van der Waals surface area contributed by atoms with E-state index in [2.05, 4.69) is 32.7 Å². The molecule has 0 aliphatic rings. The Bertz CT molecular complexity index is 355. The van der Waals surface area contributed by atoms with Gasteiger partial charge in [0.05, 0.1) is 24.1 Å². The molecule has 0 amide bonds. The van der Waals surface area contributed by atoms with Gasteiger partial charge in [0.1, 0.15) is 3.70 Å². The third-order valence-corrected chi connectivity index (χ3v) is 2.00. The summed E-state index contributed by atoms with van der Waals surface area (Å²) in [6.45, 7) is 0. The third kappa shape index (κ3) is 0.792. The molecule has 10 heavy (non-hydrogen) atoms. The van der Waals surface area contributed by atoms with Crippen LogP contribution in [0.15, 0.2) is 24.7 Å². The summed E-state index contributed by atoms with van der Waals surface area (Å²) in [5.41, 5.74) is 1.03. The highest BCUT2D eigenvalue weighted by molar-refractivity contribution is 14.1. The molecule has 0 aliphatic carbocycles. The smallest absolute Gasteiger partial charge is 0.121 e. The Morgan fingerprint density at radius 1 is 1.40 bits per heavy atom. The maximum atomic E-state index is 4.09. The van der Waals surface area contributed by atoms with Crippen LogP contribution in [0.2, 0.25) is 0 Å². The SMILES string of the molecule is Ic1cncc2ccnn12. The van der Waals surface area contributed by atoms with E-state index in [1.54, 1.807) is 18.6 Å². The molecule has 0 N–H and O–H groups in total. The topological polar surface area (TPSA) is 30.2 Å². The molecular formula is C6H4IN3. The number of hydrogen-bond acceptors (Lipinski definition) is 2. The van der Waals surface area contributed by atoms with E-state index in [4.69, 9.17) is 0 Å². The van der Waals surface area contributed by atoms with Gasteiger partial charge in [0.2, 0.25) is 0 Å². The van der Waals surface area contributed by atoms with Crippen molar-refractivity contribution in [2.24, 2.45) is 0 Å². The normalized spacial score (nSPS) is 10.5. The minimum Gasteiger partial charge on any atom is -0.260 e. The van der Waals surface area contributed by atoms with Gasteiger partial charge in [-0.1, -0.05) is 0 Å². The van der Waals surface area contributed by atoms with Gasteiger partial charge in [0.15, 0.2) is 0 Å². The van der Waals surface area contributed by atoms with E-state index in [1.807, 2.05) is 10.6 Å². The first-order chi connectivity index (χ1) is 4.88. The van der Waals surface area contributed by atoms with Crippen molar-refractivity contribution >= 4 is 28.1 Å². The third-order valence-electron chi connectivity index (χ3n) is 1.26. The van der Waals surface area contributed by atoms with Gasteiger partial charge in [-0.25, -0.2) is 4.52 Å². The van der Waals surface area contributed by atoms with Gasteiger partial charge in [-0.2, -0.15) is 5.10 Å². The van der Waals surface area contributed by atoms with Crippen molar-refractivity contribution < 1.29 is 0 Å². The minimum absolute atomic E-state index is 1.03. The lowest BCUT2D eigenvalue weighted by atomic mass is 10.5. The lowest BCUT2D eigenvalue weighted by Gasteiger charge is -1.92. The van der Waals surface area contributed by atoms with Gasteiger partial charge in [-0.05, 0) is 28.7 Å². The zero-order valence-electron chi connectivity index (χ0n) is 5.03. The van der Waals surface area contributed by atoms with E-state index in [-0.39, 0.29) is 0 Å². The van der Waals surface area contributed by atoms with E-state index in [0.717, 1.165) is 9.22 Å². The molecular weight excluding hydrogens is 241 g/mol. The van der Waals surface area contributed by atoms with Crippen LogP contribution in [0.3, 0.4) is 0 Å². The highest BCUT2D eigenvalue weighted by atomic mass is 127. The van der Waals surface area contributed by atoms with Gasteiger partial charge in [0, 0.05) is 0 Å². The summed E-state index contributed by atoms with van der Waals surface area (Å²) in [4.78, 5) is 4.02. The first-order valence-electron chi connectivity index (χ1n) is 2.81. The molecule has 2 heterocycles. The molecule has 0 aromatic carbocycles. The van der Waals surface area contributed by atoms with Crippen LogP contribution in [0.5, 0.6) is 0 Å². The van der Waals surface area contributed by atoms with Crippen molar-refractivity contribution in [2.45, 2.75) is 0 Å². The van der Waals surface area contributed by atoms with Crippen molar-refractivity contribution in [3.05, 3.63) is 28.4 Å². The predicted molar refractivity (Wildman–Crippen MR) is 45.7 cm³/mol. The maximum absolute atomic E-state index is 4.09. The fourth-order valence-electron chi connectivity index (χ4n) is 0.820. The fraction of sp³-hybridized carbons (Fsp3) is 0. The Labute approximate surface area is 71.2 Å². The molecule has 3 nitrogen and oxygen atoms in total. The van der Waals surface area contributed by atoms with Crippen LogP contribution in [0, 0.1) is 3.70 Å². The van der Waals surface area contributed by atoms with E-state index < -0.39 is 0 Å². The first kappa shape index (κ1) is 6.09. The van der Waals surface area contributed by atoms with Crippen molar-refractivity contribution in [1.29, 1.82) is 0 Å². The molecule has 0 radical (unpaired) electrons. The van der Waals surface area contributed by atoms with Crippen LogP contribution >= 0.6 is 22.6 Å². The molecule has 0 bridgehead atoms. The van der Waals surface area contributed by atoms with Gasteiger partial charge in [-0.15, -0.1) is 0 Å². The quantitative estimate of drug-likeness (QED) is 0.655. The molecule has 0 saturated heterocycles. The molecule has 0 spiro atoms. The number of aromatic nitrogens is 3. The zero-order valence-corrected chi connectivity index (χ0v) is 7.19. The predicted octanol–water partition coefficient (Wildman–Crippen LogP) is 1.33. The van der Waals surface area contributed by atoms with Crippen molar-refractivity contribution in [3.8, 4) is 0 Å². The number of hydrogen-bond donors (Lipinski definition) is 0. The van der Waals surface area contributed by atoms with Crippen LogP contribution in [0.25, 0.3) is 5.52 Å². The Morgan fingerprint density at radius 3 is 3.10 bits per heavy atom. The highest BCUT2D eigenvalue weighted by Crippen LogP contribution is 2.05. The van der Waals surface area contributed by atoms with Gasteiger partial charge in [-0.3, -0.25) is 4.98 Å². The molecule has 0 atom stereocenters. The Hall–Kier alpha value is -0.650. The van der Waals surface area contributed by atoms with E-state index in [1.165, 1.54) is 0 Å². The Morgan fingerprint density at radius 2 is 2.30 bits per heavy atom. The van der Waals surface area contributed by atoms with Crippen LogP contribution < -0.4 is 0 Å². The van der Waals surface area contributed by atoms with Crippen LogP contribution in [0.4, 0.5) is 0 Å². The summed E-state index contributed by atoms with van der Waals surface area (Å²) in [5, 5.41) is 4.09. The largest absolute Gasteiger partial charge is 0.260 e. The maximum Gasteiger partial charge on any atom is 0.121 e. The summed E-state index contributed by atoms with van der Waals surface area (Å²) in [6.07, 6.45) is 5.33. The minimum atomic E-state index is 1.03. The first-order valence-corrected chi connectivity index (χ1v) is 3.89. The second-order valence-corrected chi connectivity index (χ2v) is 3.00. The number of nitrogens with zero attached hydrogens (tertiary/aromatic N) is 3. The lowest BCUT2D eigenvalue weighted by Crippen LogP contribution is -1.92. The van der Waals surface area contributed by atoms with Crippen molar-refractivity contribution in [1.82, 2.24) is 14.6 Å². The molecule has 0 fully saturated rings. The van der Waals surface area contributed by atoms with Crippen LogP contribution in [-0.2, 0) is 0 Å². The average Bonchev–Trinajstić information content (AvgIpc) is 2.36. The molecule has 2 aromatic rings. The fourth-order valence-corrected chi connectivity index (χ4v) is 1.38. The second kappa shape index (κ2) is 2.19. The Kier molecular flexibility index (Phi) is 1.33. The van der Waals surface area contributed by atoms with Crippen molar-refractivity contribution in [2.75, 3.05) is 0 Å². The molecule has 4 heteroatoms. The molecule has 2 aromatic heterocycles. The summed E-state index contributed by atoms with van der Waals surface area (Å²) in [7, 11) is 0. The number of halogens is 1. The number of rotatable bonds is 0. The van der Waals surface area contributed by atoms with E-state index in [9.17, 15) is 0 Å². The Balaban J connectivity index is 2.95. The summed E-state index contributed by atoms with van der Waals surface area (Å²) >= 11 is 2.19. The molecule has 0 unspecified atom stereocenters. The monoisotopic (exact) mass is 245 g/mol. The average molecular weight is 245 g/mol. The summed E-state index contributed by atoms with van der Waals surface area (Å²) < 4.78 is 2.87. The molecule has 0 aliphatic heterocycles. The van der Waals surface area contributed by atoms with Gasteiger partial charge < -0.3 is 0 Å². The summed E-state index contributed by atoms with van der Waals surface area (Å²) in [6, 6.07) is 1.93. The molecule has 50 valence electrons. The number of fused-ring (bicyclic) bond motifs is 1. The van der Waals surface area contributed by atoms with Crippen LogP contribution in [-0.4, -0.2) is 14.6 Å². The molecule has 0 saturated carbocycles. The lowest BCUT2D eigenvalue weighted by molar-refractivity contribution is 0.916. The highest BCUT2D eigenvalue weighted by Gasteiger charge is 1.94. The standard InChI is InChI=1S/C6H4IN3/c7-6-4-8-3-5-1-2-9-10(5)6/h1-4H. The zero-order chi connectivity index (χ0) is 6.97. The van der Waals surface area contributed by atoms with Gasteiger partial charge >= 0.3 is 0 Å².